The fourth-order valence-corrected chi connectivity index (χ4v) is 3.15. The van der Waals surface area contributed by atoms with Crippen molar-refractivity contribution in [3.63, 3.8) is 0 Å². The molecule has 0 heterocycles. The number of carbonyl (C=O) groups is 6. The first kappa shape index (κ1) is 34.1. The van der Waals surface area contributed by atoms with Gasteiger partial charge in [0.25, 0.3) is 0 Å². The molecule has 0 aliphatic heterocycles. The Hall–Kier alpha value is -2.91. The first-order chi connectivity index (χ1) is 17.0. The van der Waals surface area contributed by atoms with E-state index in [1.54, 1.807) is 0 Å². The molecule has 0 rings (SSSR count). The number of rotatable bonds is 17. The second-order valence-electron chi connectivity index (χ2n) is 8.74. The van der Waals surface area contributed by atoms with Gasteiger partial charge in [0.2, 0.25) is 23.6 Å². The summed E-state index contributed by atoms with van der Waals surface area (Å²) in [4.78, 5) is 89.8. The summed E-state index contributed by atoms with van der Waals surface area (Å²) < 4.78 is 15.3. The third-order valence-corrected chi connectivity index (χ3v) is 5.19. The minimum atomic E-state index is -5.01. The van der Waals surface area contributed by atoms with Crippen LogP contribution in [0.4, 0.5) is 0 Å². The van der Waals surface area contributed by atoms with Crippen LogP contribution < -0.4 is 27.0 Å². The number of carboxylic acids is 1. The highest BCUT2D eigenvalue weighted by molar-refractivity contribution is 7.46. The first-order valence-electron chi connectivity index (χ1n) is 11.3. The molecule has 0 spiro atoms. The minimum absolute atomic E-state index is 0.0584. The number of phosphoric acid groups is 1. The normalized spacial score (nSPS) is 15.5. The number of carboxylic acid groups (broad SMARTS) is 1. The highest BCUT2D eigenvalue weighted by atomic mass is 31.2. The maximum Gasteiger partial charge on any atom is 0.469 e. The fourth-order valence-electron chi connectivity index (χ4n) is 2.81. The van der Waals surface area contributed by atoms with Gasteiger partial charge in [-0.25, -0.2) is 4.57 Å². The molecule has 4 amide bonds. The molecule has 0 radical (unpaired) electrons. The number of phosphoric ester groups is 1. The number of nitrogens with two attached hydrogens (primary N) is 1. The summed E-state index contributed by atoms with van der Waals surface area (Å²) in [5.74, 6) is -4.80. The number of aldehydes is 1. The third kappa shape index (κ3) is 15.1. The molecule has 0 aromatic rings. The number of carbonyl (C=O) groups excluding carboxylic acids is 5. The van der Waals surface area contributed by atoms with E-state index in [1.165, 1.54) is 13.8 Å². The number of amides is 4. The summed E-state index contributed by atoms with van der Waals surface area (Å²) in [7, 11) is -5.01. The molecule has 0 bridgehead atoms. The van der Waals surface area contributed by atoms with Gasteiger partial charge in [-0.15, -0.1) is 0 Å². The number of hydrogen-bond acceptors (Lipinski definition) is 9. The van der Waals surface area contributed by atoms with Crippen molar-refractivity contribution in [3.8, 4) is 0 Å². The van der Waals surface area contributed by atoms with Gasteiger partial charge >= 0.3 is 13.8 Å². The zero-order valence-electron chi connectivity index (χ0n) is 21.0. The Labute approximate surface area is 213 Å². The van der Waals surface area contributed by atoms with Crippen molar-refractivity contribution in [2.45, 2.75) is 77.2 Å². The maximum atomic E-state index is 12.7. The molecule has 5 atom stereocenters. The molecule has 0 fully saturated rings. The largest absolute Gasteiger partial charge is 0.481 e. The molecule has 0 saturated carbocycles. The molecule has 37 heavy (non-hydrogen) atoms. The van der Waals surface area contributed by atoms with Gasteiger partial charge in [-0.1, -0.05) is 13.8 Å². The summed E-state index contributed by atoms with van der Waals surface area (Å²) in [6.45, 7) is 5.20. The van der Waals surface area contributed by atoms with Crippen LogP contribution in [0.2, 0.25) is 0 Å². The van der Waals surface area contributed by atoms with E-state index in [-0.39, 0.29) is 12.3 Å². The van der Waals surface area contributed by atoms with Crippen molar-refractivity contribution in [2.24, 2.45) is 11.7 Å². The monoisotopic (exact) mass is 553 g/mol. The van der Waals surface area contributed by atoms with Crippen LogP contribution in [-0.2, 0) is 37.9 Å². The molecule has 0 aromatic carbocycles. The highest BCUT2D eigenvalue weighted by Crippen LogP contribution is 2.35. The Morgan fingerprint density at radius 1 is 0.892 bits per heavy atom. The van der Waals surface area contributed by atoms with Gasteiger partial charge in [0.15, 0.2) is 0 Å². The fraction of sp³-hybridized carbons (Fsp3) is 0.700. The highest BCUT2D eigenvalue weighted by Gasteiger charge is 2.30. The zero-order chi connectivity index (χ0) is 28.9. The smallest absolute Gasteiger partial charge is 0.469 e. The molecule has 0 aliphatic rings. The van der Waals surface area contributed by atoms with E-state index in [2.05, 4.69) is 25.8 Å². The van der Waals surface area contributed by atoms with Crippen LogP contribution in [0.25, 0.3) is 0 Å². The SMILES string of the molecule is CC(C)C[C@@H](C=O)NC(=O)[C@H](CCC(=O)O)NC(=O)[C@H](C)NC(=O)[C@H](COP(=O)(O)O)NC(=O)[C@H](C)N. The zero-order valence-corrected chi connectivity index (χ0v) is 21.9. The van der Waals surface area contributed by atoms with Gasteiger partial charge in [-0.05, 0) is 32.6 Å². The van der Waals surface area contributed by atoms with Crippen molar-refractivity contribution in [3.05, 3.63) is 0 Å². The van der Waals surface area contributed by atoms with Crippen LogP contribution in [0.3, 0.4) is 0 Å². The summed E-state index contributed by atoms with van der Waals surface area (Å²) in [5.41, 5.74) is 5.42. The predicted molar refractivity (Wildman–Crippen MR) is 127 cm³/mol. The topological polar surface area (TPSA) is 264 Å². The van der Waals surface area contributed by atoms with E-state index in [1.807, 2.05) is 13.8 Å². The van der Waals surface area contributed by atoms with Gasteiger partial charge in [0, 0.05) is 6.42 Å². The van der Waals surface area contributed by atoms with Crippen LogP contribution >= 0.6 is 7.82 Å². The molecule has 16 nitrogen and oxygen atoms in total. The molecule has 0 aromatic heterocycles. The molecule has 212 valence electrons. The van der Waals surface area contributed by atoms with Gasteiger partial charge in [-0.2, -0.15) is 0 Å². The standard InChI is InChI=1S/C20H36N5O11P/c1-10(2)7-13(8-26)23-19(31)14(5-6-16(27)28)24-18(30)12(4)22-20(32)15(9-36-37(33,34)35)25-17(29)11(3)21/h8,10-15H,5-7,9,21H2,1-4H3,(H,22,32)(H,23,31)(H,24,30)(H,25,29)(H,27,28)(H2,33,34,35)/t11-,12-,13-,14-,15-/m0/s1. The van der Waals surface area contributed by atoms with E-state index in [9.17, 15) is 33.3 Å². The van der Waals surface area contributed by atoms with Gasteiger partial charge in [-0.3, -0.25) is 28.5 Å². The average molecular weight is 554 g/mol. The summed E-state index contributed by atoms with van der Waals surface area (Å²) >= 11 is 0. The lowest BCUT2D eigenvalue weighted by atomic mass is 10.0. The number of hydrogen-bond donors (Lipinski definition) is 8. The van der Waals surface area contributed by atoms with E-state index >= 15 is 0 Å². The summed E-state index contributed by atoms with van der Waals surface area (Å²) in [6.07, 6.45) is 0.0316. The average Bonchev–Trinajstić information content (AvgIpc) is 2.76. The van der Waals surface area contributed by atoms with Crippen LogP contribution in [0.1, 0.15) is 47.0 Å². The maximum absolute atomic E-state index is 12.7. The van der Waals surface area contributed by atoms with Gasteiger partial charge in [0.1, 0.15) is 24.4 Å². The Morgan fingerprint density at radius 2 is 1.43 bits per heavy atom. The van der Waals surface area contributed by atoms with Crippen LogP contribution in [0.15, 0.2) is 0 Å². The van der Waals surface area contributed by atoms with Crippen molar-refractivity contribution >= 4 is 43.7 Å². The lowest BCUT2D eigenvalue weighted by Gasteiger charge is -2.24. The molecule has 9 N–H and O–H groups in total. The van der Waals surface area contributed by atoms with E-state index in [0.29, 0.717) is 12.7 Å². The lowest BCUT2D eigenvalue weighted by molar-refractivity contribution is -0.138. The number of nitrogens with one attached hydrogen (secondary N) is 4. The lowest BCUT2D eigenvalue weighted by Crippen LogP contribution is -2.58. The van der Waals surface area contributed by atoms with E-state index in [0.717, 1.165) is 0 Å². The molecule has 0 aliphatic carbocycles. The van der Waals surface area contributed by atoms with Gasteiger partial charge < -0.3 is 46.7 Å². The van der Waals surface area contributed by atoms with E-state index in [4.69, 9.17) is 20.6 Å². The minimum Gasteiger partial charge on any atom is -0.481 e. The molecular formula is C20H36N5O11P. The summed E-state index contributed by atoms with van der Waals surface area (Å²) in [6, 6.07) is -6.29. The van der Waals surface area contributed by atoms with Crippen LogP contribution in [0.5, 0.6) is 0 Å². The summed E-state index contributed by atoms with van der Waals surface area (Å²) in [5, 5.41) is 18.0. The van der Waals surface area contributed by atoms with Crippen molar-refractivity contribution in [1.29, 1.82) is 0 Å². The third-order valence-electron chi connectivity index (χ3n) is 4.71. The second-order valence-corrected chi connectivity index (χ2v) is 9.98. The van der Waals surface area contributed by atoms with Crippen molar-refractivity contribution in [2.75, 3.05) is 6.61 Å². The Bertz CT molecular complexity index is 877. The molecule has 0 saturated heterocycles. The molecule has 0 unspecified atom stereocenters. The first-order valence-corrected chi connectivity index (χ1v) is 12.8. The Balaban J connectivity index is 5.44. The van der Waals surface area contributed by atoms with E-state index < -0.39 is 80.7 Å². The molecule has 17 heteroatoms. The van der Waals surface area contributed by atoms with Crippen LogP contribution in [0, 0.1) is 5.92 Å². The number of aliphatic carboxylic acids is 1. The predicted octanol–water partition coefficient (Wildman–Crippen LogP) is -2.49. The van der Waals surface area contributed by atoms with Crippen LogP contribution in [-0.4, -0.2) is 87.6 Å². The second kappa shape index (κ2) is 16.0. The quantitative estimate of drug-likeness (QED) is 0.0687. The Morgan fingerprint density at radius 3 is 1.89 bits per heavy atom. The van der Waals surface area contributed by atoms with Crippen molar-refractivity contribution < 1.29 is 52.7 Å². The van der Waals surface area contributed by atoms with Crippen molar-refractivity contribution in [1.82, 2.24) is 21.3 Å². The Kier molecular flexibility index (Phi) is 14.8. The van der Waals surface area contributed by atoms with Gasteiger partial charge in [0.05, 0.1) is 18.7 Å². The molecular weight excluding hydrogens is 517 g/mol.